The van der Waals surface area contributed by atoms with E-state index < -0.39 is 5.97 Å². The zero-order valence-electron chi connectivity index (χ0n) is 8.43. The molecule has 0 bridgehead atoms. The third-order valence-corrected chi connectivity index (χ3v) is 3.48. The van der Waals surface area contributed by atoms with E-state index >= 15 is 0 Å². The van der Waals surface area contributed by atoms with Gasteiger partial charge in [-0.2, -0.15) is 0 Å². The first-order chi connectivity index (χ1) is 7.22. The summed E-state index contributed by atoms with van der Waals surface area (Å²) in [5.41, 5.74) is 0.899. The minimum atomic E-state index is -0.743. The van der Waals surface area contributed by atoms with E-state index in [-0.39, 0.29) is 5.92 Å². The van der Waals surface area contributed by atoms with Gasteiger partial charge in [0.1, 0.15) is 0 Å². The summed E-state index contributed by atoms with van der Waals surface area (Å²) in [5.74, 6) is -1.12. The maximum Gasteiger partial charge on any atom is 0.310 e. The Morgan fingerprint density at radius 3 is 2.93 bits per heavy atom. The Labute approximate surface area is 92.2 Å². The fraction of sp³-hybridized carbons (Fsp3) is 0.250. The summed E-state index contributed by atoms with van der Waals surface area (Å²) in [6.45, 7) is 1.90. The summed E-state index contributed by atoms with van der Waals surface area (Å²) in [5, 5.41) is 12.2. The Morgan fingerprint density at radius 2 is 2.27 bits per heavy atom. The number of rotatable bonds is 3. The van der Waals surface area contributed by atoms with E-state index in [1.165, 1.54) is 4.70 Å². The number of thiophene rings is 1. The standard InChI is InChI=1S/C12H12O2S/c1-2-10(12(13)14)8-3-4-11-9(7-8)5-6-15-11/h3-7,10H,2H2,1H3,(H,13,14). The van der Waals surface area contributed by atoms with Gasteiger partial charge in [0.15, 0.2) is 0 Å². The fourth-order valence-electron chi connectivity index (χ4n) is 1.75. The molecule has 1 heterocycles. The fourth-order valence-corrected chi connectivity index (χ4v) is 2.53. The smallest absolute Gasteiger partial charge is 0.310 e. The number of fused-ring (bicyclic) bond motifs is 1. The maximum atomic E-state index is 11.0. The molecule has 3 heteroatoms. The highest BCUT2D eigenvalue weighted by atomic mass is 32.1. The molecule has 1 aromatic heterocycles. The Morgan fingerprint density at radius 1 is 1.47 bits per heavy atom. The van der Waals surface area contributed by atoms with Crippen molar-refractivity contribution in [1.29, 1.82) is 0 Å². The van der Waals surface area contributed by atoms with E-state index in [1.807, 2.05) is 36.6 Å². The summed E-state index contributed by atoms with van der Waals surface area (Å²) in [6.07, 6.45) is 0.630. The van der Waals surface area contributed by atoms with Crippen molar-refractivity contribution >= 4 is 27.4 Å². The van der Waals surface area contributed by atoms with Gasteiger partial charge < -0.3 is 5.11 Å². The van der Waals surface area contributed by atoms with Crippen LogP contribution in [0.15, 0.2) is 29.6 Å². The van der Waals surface area contributed by atoms with Crippen LogP contribution in [0.1, 0.15) is 24.8 Å². The molecule has 78 valence electrons. The molecule has 2 nitrogen and oxygen atoms in total. The maximum absolute atomic E-state index is 11.0. The number of hydrogen-bond donors (Lipinski definition) is 1. The van der Waals surface area contributed by atoms with E-state index in [4.69, 9.17) is 5.11 Å². The minimum absolute atomic E-state index is 0.380. The Bertz CT molecular complexity index is 487. The molecule has 0 amide bonds. The van der Waals surface area contributed by atoms with E-state index in [0.29, 0.717) is 6.42 Å². The normalized spacial score (nSPS) is 12.9. The summed E-state index contributed by atoms with van der Waals surface area (Å²) >= 11 is 1.68. The minimum Gasteiger partial charge on any atom is -0.481 e. The van der Waals surface area contributed by atoms with Crippen LogP contribution in [-0.2, 0) is 4.79 Å². The molecule has 2 aromatic rings. The van der Waals surface area contributed by atoms with Crippen LogP contribution in [0, 0.1) is 0 Å². The molecule has 1 N–H and O–H groups in total. The molecule has 0 aliphatic heterocycles. The molecule has 1 aromatic carbocycles. The van der Waals surface area contributed by atoms with Gasteiger partial charge in [-0.25, -0.2) is 0 Å². The third-order valence-electron chi connectivity index (χ3n) is 2.59. The zero-order valence-corrected chi connectivity index (χ0v) is 9.25. The number of aliphatic carboxylic acids is 1. The van der Waals surface area contributed by atoms with Gasteiger partial charge in [0.2, 0.25) is 0 Å². The van der Waals surface area contributed by atoms with E-state index in [1.54, 1.807) is 11.3 Å². The highest BCUT2D eigenvalue weighted by molar-refractivity contribution is 7.17. The number of carboxylic acid groups (broad SMARTS) is 1. The largest absolute Gasteiger partial charge is 0.481 e. The Balaban J connectivity index is 2.46. The van der Waals surface area contributed by atoms with Gasteiger partial charge in [0.05, 0.1) is 5.92 Å². The van der Waals surface area contributed by atoms with Crippen molar-refractivity contribution in [1.82, 2.24) is 0 Å². The van der Waals surface area contributed by atoms with Crippen LogP contribution in [0.25, 0.3) is 10.1 Å². The van der Waals surface area contributed by atoms with Gasteiger partial charge in [-0.05, 0) is 40.9 Å². The lowest BCUT2D eigenvalue weighted by atomic mass is 9.96. The molecule has 1 atom stereocenters. The van der Waals surface area contributed by atoms with E-state index in [2.05, 4.69) is 0 Å². The average molecular weight is 220 g/mol. The summed E-state index contributed by atoms with van der Waals surface area (Å²) < 4.78 is 1.21. The first-order valence-corrected chi connectivity index (χ1v) is 5.80. The topological polar surface area (TPSA) is 37.3 Å². The molecule has 15 heavy (non-hydrogen) atoms. The molecule has 0 spiro atoms. The van der Waals surface area contributed by atoms with Crippen LogP contribution in [0.2, 0.25) is 0 Å². The molecule has 0 aliphatic carbocycles. The molecular formula is C12H12O2S. The summed E-state index contributed by atoms with van der Waals surface area (Å²) in [6, 6.07) is 7.92. The second-order valence-corrected chi connectivity index (χ2v) is 4.46. The molecular weight excluding hydrogens is 208 g/mol. The van der Waals surface area contributed by atoms with Gasteiger partial charge in [0.25, 0.3) is 0 Å². The van der Waals surface area contributed by atoms with Crippen LogP contribution >= 0.6 is 11.3 Å². The summed E-state index contributed by atoms with van der Waals surface area (Å²) in [4.78, 5) is 11.0. The zero-order chi connectivity index (χ0) is 10.8. The van der Waals surface area contributed by atoms with Crippen LogP contribution in [0.3, 0.4) is 0 Å². The lowest BCUT2D eigenvalue weighted by Crippen LogP contribution is -2.10. The molecule has 0 radical (unpaired) electrons. The quantitative estimate of drug-likeness (QED) is 0.859. The van der Waals surface area contributed by atoms with Crippen molar-refractivity contribution in [3.63, 3.8) is 0 Å². The van der Waals surface area contributed by atoms with Crippen molar-refractivity contribution in [3.05, 3.63) is 35.2 Å². The van der Waals surface area contributed by atoms with Gasteiger partial charge in [-0.1, -0.05) is 13.0 Å². The summed E-state index contributed by atoms with van der Waals surface area (Å²) in [7, 11) is 0. The second-order valence-electron chi connectivity index (χ2n) is 3.52. The number of carboxylic acids is 1. The third kappa shape index (κ3) is 1.88. The van der Waals surface area contributed by atoms with Gasteiger partial charge in [-0.15, -0.1) is 11.3 Å². The monoisotopic (exact) mass is 220 g/mol. The second kappa shape index (κ2) is 4.03. The number of benzene rings is 1. The van der Waals surface area contributed by atoms with E-state index in [0.717, 1.165) is 10.9 Å². The van der Waals surface area contributed by atoms with Crippen molar-refractivity contribution in [2.75, 3.05) is 0 Å². The predicted octanol–water partition coefficient (Wildman–Crippen LogP) is 3.48. The van der Waals surface area contributed by atoms with Gasteiger partial charge in [0, 0.05) is 4.70 Å². The lowest BCUT2D eigenvalue weighted by Gasteiger charge is -2.09. The molecule has 0 fully saturated rings. The highest BCUT2D eigenvalue weighted by Crippen LogP contribution is 2.27. The van der Waals surface area contributed by atoms with Crippen molar-refractivity contribution in [2.24, 2.45) is 0 Å². The van der Waals surface area contributed by atoms with Crippen molar-refractivity contribution in [3.8, 4) is 0 Å². The molecule has 0 saturated heterocycles. The molecule has 0 saturated carbocycles. The SMILES string of the molecule is CCC(C(=O)O)c1ccc2sccc2c1. The van der Waals surface area contributed by atoms with Gasteiger partial charge in [-0.3, -0.25) is 4.79 Å². The number of hydrogen-bond acceptors (Lipinski definition) is 2. The first kappa shape index (κ1) is 10.2. The molecule has 0 aliphatic rings. The van der Waals surface area contributed by atoms with E-state index in [9.17, 15) is 4.79 Å². The average Bonchev–Trinajstić information content (AvgIpc) is 2.65. The Hall–Kier alpha value is -1.35. The van der Waals surface area contributed by atoms with Crippen LogP contribution in [0.4, 0.5) is 0 Å². The Kier molecular flexibility index (Phi) is 2.73. The first-order valence-electron chi connectivity index (χ1n) is 4.92. The van der Waals surface area contributed by atoms with Crippen LogP contribution < -0.4 is 0 Å². The lowest BCUT2D eigenvalue weighted by molar-refractivity contribution is -0.138. The van der Waals surface area contributed by atoms with Crippen molar-refractivity contribution in [2.45, 2.75) is 19.3 Å². The van der Waals surface area contributed by atoms with Crippen LogP contribution in [-0.4, -0.2) is 11.1 Å². The van der Waals surface area contributed by atoms with Gasteiger partial charge >= 0.3 is 5.97 Å². The van der Waals surface area contributed by atoms with Crippen LogP contribution in [0.5, 0.6) is 0 Å². The van der Waals surface area contributed by atoms with Crippen molar-refractivity contribution < 1.29 is 9.90 Å². The highest BCUT2D eigenvalue weighted by Gasteiger charge is 2.17. The molecule has 2 rings (SSSR count). The molecule has 1 unspecified atom stereocenters. The predicted molar refractivity (Wildman–Crippen MR) is 62.5 cm³/mol. The number of carbonyl (C=O) groups is 1.